The van der Waals surface area contributed by atoms with Crippen LogP contribution in [0, 0.1) is 0 Å². The van der Waals surface area contributed by atoms with E-state index in [0.29, 0.717) is 0 Å². The van der Waals surface area contributed by atoms with E-state index < -0.39 is 0 Å². The van der Waals surface area contributed by atoms with Crippen molar-refractivity contribution in [1.29, 1.82) is 0 Å². The van der Waals surface area contributed by atoms with Gasteiger partial charge in [-0.2, -0.15) is 0 Å². The fourth-order valence-corrected chi connectivity index (χ4v) is 2.15. The SMILES string of the molecule is CC(=O)N1CCN(CC=Cc2ccccc2)CC1. The van der Waals surface area contributed by atoms with Crippen molar-refractivity contribution in [3.05, 3.63) is 42.0 Å². The molecule has 0 radical (unpaired) electrons. The molecule has 0 saturated carbocycles. The van der Waals surface area contributed by atoms with Crippen LogP contribution in [0.15, 0.2) is 36.4 Å². The minimum Gasteiger partial charge on any atom is -0.340 e. The van der Waals surface area contributed by atoms with Crippen LogP contribution in [0.3, 0.4) is 0 Å². The van der Waals surface area contributed by atoms with Gasteiger partial charge in [0.1, 0.15) is 0 Å². The summed E-state index contributed by atoms with van der Waals surface area (Å²) in [7, 11) is 0. The highest BCUT2D eigenvalue weighted by Gasteiger charge is 2.16. The van der Waals surface area contributed by atoms with Crippen molar-refractivity contribution in [2.75, 3.05) is 32.7 Å². The van der Waals surface area contributed by atoms with Crippen molar-refractivity contribution < 1.29 is 4.79 Å². The quantitative estimate of drug-likeness (QED) is 0.810. The van der Waals surface area contributed by atoms with Crippen molar-refractivity contribution in [3.63, 3.8) is 0 Å². The highest BCUT2D eigenvalue weighted by atomic mass is 16.2. The molecule has 3 heteroatoms. The second kappa shape index (κ2) is 6.36. The standard InChI is InChI=1S/C15H20N2O/c1-14(18)17-12-10-16(11-13-17)9-5-8-15-6-3-2-4-7-15/h2-8H,9-13H2,1H3. The number of amides is 1. The molecule has 1 aromatic rings. The van der Waals surface area contributed by atoms with Crippen molar-refractivity contribution in [2.24, 2.45) is 0 Å². The van der Waals surface area contributed by atoms with Crippen LogP contribution in [0.25, 0.3) is 6.08 Å². The molecule has 1 heterocycles. The van der Waals surface area contributed by atoms with Crippen molar-refractivity contribution in [1.82, 2.24) is 9.80 Å². The Morgan fingerprint density at radius 2 is 1.83 bits per heavy atom. The highest BCUT2D eigenvalue weighted by molar-refractivity contribution is 5.73. The van der Waals surface area contributed by atoms with Gasteiger partial charge in [0, 0.05) is 39.6 Å². The van der Waals surface area contributed by atoms with Gasteiger partial charge in [-0.1, -0.05) is 42.5 Å². The molecule has 1 aliphatic rings. The van der Waals surface area contributed by atoms with Gasteiger partial charge in [-0.05, 0) is 5.56 Å². The summed E-state index contributed by atoms with van der Waals surface area (Å²) in [5.74, 6) is 0.189. The number of nitrogens with zero attached hydrogens (tertiary/aromatic N) is 2. The van der Waals surface area contributed by atoms with Crippen molar-refractivity contribution in [2.45, 2.75) is 6.92 Å². The van der Waals surface area contributed by atoms with E-state index in [1.165, 1.54) is 5.56 Å². The Balaban J connectivity index is 1.76. The second-order valence-electron chi connectivity index (χ2n) is 4.62. The molecule has 18 heavy (non-hydrogen) atoms. The number of benzene rings is 1. The monoisotopic (exact) mass is 244 g/mol. The Bertz CT molecular complexity index is 406. The number of hydrogen-bond acceptors (Lipinski definition) is 2. The Morgan fingerprint density at radius 3 is 2.44 bits per heavy atom. The number of carbonyl (C=O) groups excluding carboxylic acids is 1. The minimum absolute atomic E-state index is 0.189. The molecule has 1 aliphatic heterocycles. The van der Waals surface area contributed by atoms with Gasteiger partial charge in [-0.15, -0.1) is 0 Å². The lowest BCUT2D eigenvalue weighted by atomic mass is 10.2. The summed E-state index contributed by atoms with van der Waals surface area (Å²) in [6.07, 6.45) is 4.34. The van der Waals surface area contributed by atoms with Gasteiger partial charge in [-0.25, -0.2) is 0 Å². The first-order valence-electron chi connectivity index (χ1n) is 6.45. The third kappa shape index (κ3) is 3.70. The molecule has 1 fully saturated rings. The molecule has 1 amide bonds. The molecular formula is C15H20N2O. The topological polar surface area (TPSA) is 23.6 Å². The number of rotatable bonds is 3. The maximum atomic E-state index is 11.2. The van der Waals surface area contributed by atoms with E-state index in [-0.39, 0.29) is 5.91 Å². The Hall–Kier alpha value is -1.61. The molecule has 96 valence electrons. The lowest BCUT2D eigenvalue weighted by molar-refractivity contribution is -0.130. The van der Waals surface area contributed by atoms with Crippen LogP contribution in [0.1, 0.15) is 12.5 Å². The van der Waals surface area contributed by atoms with Gasteiger partial charge in [-0.3, -0.25) is 9.69 Å². The molecule has 0 spiro atoms. The second-order valence-corrected chi connectivity index (χ2v) is 4.62. The summed E-state index contributed by atoms with van der Waals surface area (Å²) in [4.78, 5) is 15.5. The smallest absolute Gasteiger partial charge is 0.219 e. The van der Waals surface area contributed by atoms with Gasteiger partial charge in [0.2, 0.25) is 5.91 Å². The normalized spacial score (nSPS) is 17.3. The highest BCUT2D eigenvalue weighted by Crippen LogP contribution is 2.04. The molecule has 0 bridgehead atoms. The fraction of sp³-hybridized carbons (Fsp3) is 0.400. The van der Waals surface area contributed by atoms with E-state index in [9.17, 15) is 4.79 Å². The van der Waals surface area contributed by atoms with Gasteiger partial charge in [0.15, 0.2) is 0 Å². The average molecular weight is 244 g/mol. The molecule has 1 aromatic carbocycles. The van der Waals surface area contributed by atoms with Crippen LogP contribution >= 0.6 is 0 Å². The maximum Gasteiger partial charge on any atom is 0.219 e. The Morgan fingerprint density at radius 1 is 1.17 bits per heavy atom. The van der Waals surface area contributed by atoms with E-state index in [0.717, 1.165) is 32.7 Å². The fourth-order valence-electron chi connectivity index (χ4n) is 2.15. The number of hydrogen-bond donors (Lipinski definition) is 0. The zero-order valence-corrected chi connectivity index (χ0v) is 10.9. The first-order valence-corrected chi connectivity index (χ1v) is 6.45. The Labute approximate surface area is 109 Å². The summed E-state index contributed by atoms with van der Waals surface area (Å²) in [5, 5.41) is 0. The third-order valence-electron chi connectivity index (χ3n) is 3.29. The molecule has 0 aromatic heterocycles. The van der Waals surface area contributed by atoms with Gasteiger partial charge in [0.25, 0.3) is 0 Å². The molecule has 1 saturated heterocycles. The zero-order valence-electron chi connectivity index (χ0n) is 10.9. The van der Waals surface area contributed by atoms with Gasteiger partial charge < -0.3 is 4.90 Å². The molecule has 3 nitrogen and oxygen atoms in total. The van der Waals surface area contributed by atoms with Crippen LogP contribution in [0.5, 0.6) is 0 Å². The van der Waals surface area contributed by atoms with Crippen LogP contribution in [-0.2, 0) is 4.79 Å². The number of carbonyl (C=O) groups is 1. The zero-order chi connectivity index (χ0) is 12.8. The van der Waals surface area contributed by atoms with Crippen molar-refractivity contribution in [3.8, 4) is 0 Å². The van der Waals surface area contributed by atoms with Crippen LogP contribution < -0.4 is 0 Å². The summed E-state index contributed by atoms with van der Waals surface area (Å²) in [6, 6.07) is 10.3. The predicted molar refractivity (Wildman–Crippen MR) is 74.2 cm³/mol. The summed E-state index contributed by atoms with van der Waals surface area (Å²) < 4.78 is 0. The van der Waals surface area contributed by atoms with E-state index in [2.05, 4.69) is 29.2 Å². The molecule has 0 atom stereocenters. The largest absolute Gasteiger partial charge is 0.340 e. The van der Waals surface area contributed by atoms with Crippen LogP contribution in [0.4, 0.5) is 0 Å². The van der Waals surface area contributed by atoms with E-state index >= 15 is 0 Å². The predicted octanol–water partition coefficient (Wildman–Crippen LogP) is 1.86. The third-order valence-corrected chi connectivity index (χ3v) is 3.29. The molecule has 0 unspecified atom stereocenters. The van der Waals surface area contributed by atoms with Gasteiger partial charge in [0.05, 0.1) is 0 Å². The first-order chi connectivity index (χ1) is 8.75. The maximum absolute atomic E-state index is 11.2. The average Bonchev–Trinajstić information content (AvgIpc) is 2.40. The number of piperazine rings is 1. The molecule has 0 N–H and O–H groups in total. The summed E-state index contributed by atoms with van der Waals surface area (Å²) in [5.41, 5.74) is 1.24. The first kappa shape index (κ1) is 12.8. The van der Waals surface area contributed by atoms with E-state index in [4.69, 9.17) is 0 Å². The van der Waals surface area contributed by atoms with Crippen molar-refractivity contribution >= 4 is 12.0 Å². The van der Waals surface area contributed by atoms with Crippen LogP contribution in [0.2, 0.25) is 0 Å². The lowest BCUT2D eigenvalue weighted by Crippen LogP contribution is -2.47. The van der Waals surface area contributed by atoms with E-state index in [1.807, 2.05) is 23.1 Å². The summed E-state index contributed by atoms with van der Waals surface area (Å²) >= 11 is 0. The molecule has 2 rings (SSSR count). The van der Waals surface area contributed by atoms with Crippen LogP contribution in [-0.4, -0.2) is 48.4 Å². The lowest BCUT2D eigenvalue weighted by Gasteiger charge is -2.33. The van der Waals surface area contributed by atoms with E-state index in [1.54, 1.807) is 6.92 Å². The molecule has 0 aliphatic carbocycles. The van der Waals surface area contributed by atoms with Gasteiger partial charge >= 0.3 is 0 Å². The Kier molecular flexibility index (Phi) is 4.53. The summed E-state index contributed by atoms with van der Waals surface area (Å²) in [6.45, 7) is 6.26. The molecular weight excluding hydrogens is 224 g/mol. The minimum atomic E-state index is 0.189.